The van der Waals surface area contributed by atoms with Crippen molar-refractivity contribution in [1.82, 2.24) is 0 Å². The van der Waals surface area contributed by atoms with E-state index >= 15 is 0 Å². The first-order chi connectivity index (χ1) is 11.8. The van der Waals surface area contributed by atoms with Crippen molar-refractivity contribution in [2.45, 2.75) is 27.2 Å². The molecule has 1 heterocycles. The highest BCUT2D eigenvalue weighted by Crippen LogP contribution is 2.38. The summed E-state index contributed by atoms with van der Waals surface area (Å²) in [5.74, 6) is -3.02. The third-order valence-electron chi connectivity index (χ3n) is 3.82. The van der Waals surface area contributed by atoms with E-state index in [2.05, 4.69) is 5.32 Å². The van der Waals surface area contributed by atoms with Crippen molar-refractivity contribution in [3.05, 3.63) is 16.9 Å². The number of nitrogens with two attached hydrogens (primary N) is 1. The van der Waals surface area contributed by atoms with Crippen LogP contribution in [0.2, 0.25) is 0 Å². The molecule has 2 rings (SSSR count). The monoisotopic (exact) mass is 352 g/mol. The van der Waals surface area contributed by atoms with E-state index in [1.54, 1.807) is 6.92 Å². The molecule has 1 aliphatic rings. The number of hydrogen-bond donors (Lipinski definition) is 2. The first-order valence-corrected chi connectivity index (χ1v) is 7.83. The molecule has 0 aliphatic heterocycles. The van der Waals surface area contributed by atoms with Crippen LogP contribution in [0.5, 0.6) is 0 Å². The molecule has 1 aromatic heterocycles. The molecule has 0 saturated heterocycles. The SMILES string of the molecule is CCOC(=O)c1c(C)oc(NC(=O)COC(=O)[C@@H]2C[C@@H]2C)c1C(N)=O. The Balaban J connectivity index is 2.09. The third-order valence-corrected chi connectivity index (χ3v) is 3.82. The third kappa shape index (κ3) is 4.17. The lowest BCUT2D eigenvalue weighted by Crippen LogP contribution is -2.24. The maximum Gasteiger partial charge on any atom is 0.342 e. The van der Waals surface area contributed by atoms with E-state index in [1.165, 1.54) is 6.92 Å². The van der Waals surface area contributed by atoms with E-state index in [0.29, 0.717) is 0 Å². The fraction of sp³-hybridized carbons (Fsp3) is 0.500. The van der Waals surface area contributed by atoms with Crippen LogP contribution < -0.4 is 11.1 Å². The Bertz CT molecular complexity index is 722. The van der Waals surface area contributed by atoms with Crippen molar-refractivity contribution in [2.24, 2.45) is 17.6 Å². The number of primary amides is 1. The molecule has 0 bridgehead atoms. The summed E-state index contributed by atoms with van der Waals surface area (Å²) in [7, 11) is 0. The molecule has 1 aliphatic carbocycles. The summed E-state index contributed by atoms with van der Waals surface area (Å²) in [6.07, 6.45) is 0.743. The summed E-state index contributed by atoms with van der Waals surface area (Å²) in [6, 6.07) is 0. The zero-order valence-corrected chi connectivity index (χ0v) is 14.2. The van der Waals surface area contributed by atoms with Gasteiger partial charge in [-0.2, -0.15) is 0 Å². The highest BCUT2D eigenvalue weighted by atomic mass is 16.5. The van der Waals surface area contributed by atoms with Crippen molar-refractivity contribution in [2.75, 3.05) is 18.5 Å². The van der Waals surface area contributed by atoms with Crippen molar-refractivity contribution in [3.8, 4) is 0 Å². The highest BCUT2D eigenvalue weighted by Gasteiger charge is 2.40. The number of amides is 2. The van der Waals surface area contributed by atoms with E-state index in [9.17, 15) is 19.2 Å². The molecule has 25 heavy (non-hydrogen) atoms. The normalized spacial score (nSPS) is 18.4. The molecule has 9 heteroatoms. The Morgan fingerprint density at radius 3 is 2.40 bits per heavy atom. The molecular weight excluding hydrogens is 332 g/mol. The zero-order chi connectivity index (χ0) is 18.7. The predicted octanol–water partition coefficient (Wildman–Crippen LogP) is 1.00. The van der Waals surface area contributed by atoms with Gasteiger partial charge in [0.05, 0.1) is 12.5 Å². The van der Waals surface area contributed by atoms with E-state index in [0.717, 1.165) is 6.42 Å². The summed E-state index contributed by atoms with van der Waals surface area (Å²) in [4.78, 5) is 47.1. The van der Waals surface area contributed by atoms with Gasteiger partial charge in [-0.15, -0.1) is 0 Å². The van der Waals surface area contributed by atoms with Gasteiger partial charge in [-0.25, -0.2) is 4.79 Å². The average molecular weight is 352 g/mol. The van der Waals surface area contributed by atoms with Crippen molar-refractivity contribution < 1.29 is 33.1 Å². The minimum atomic E-state index is -0.959. The Kier molecular flexibility index (Phi) is 5.45. The lowest BCUT2D eigenvalue weighted by molar-refractivity contribution is -0.148. The van der Waals surface area contributed by atoms with E-state index in [4.69, 9.17) is 19.6 Å². The fourth-order valence-electron chi connectivity index (χ4n) is 2.37. The van der Waals surface area contributed by atoms with Gasteiger partial charge in [-0.3, -0.25) is 19.7 Å². The highest BCUT2D eigenvalue weighted by molar-refractivity contribution is 6.10. The van der Waals surface area contributed by atoms with E-state index in [1.807, 2.05) is 6.92 Å². The number of carbonyl (C=O) groups excluding carboxylic acids is 4. The van der Waals surface area contributed by atoms with Crippen LogP contribution in [-0.4, -0.2) is 37.0 Å². The average Bonchev–Trinajstić information content (AvgIpc) is 3.16. The van der Waals surface area contributed by atoms with Crippen LogP contribution in [0.25, 0.3) is 0 Å². The first kappa shape index (κ1) is 18.5. The summed E-state index contributed by atoms with van der Waals surface area (Å²) in [5, 5.41) is 2.28. The molecule has 1 saturated carbocycles. The predicted molar refractivity (Wildman–Crippen MR) is 84.8 cm³/mol. The van der Waals surface area contributed by atoms with E-state index in [-0.39, 0.29) is 41.2 Å². The Hall–Kier alpha value is -2.84. The number of aryl methyl sites for hydroxylation is 1. The quantitative estimate of drug-likeness (QED) is 0.698. The number of carbonyl (C=O) groups is 4. The molecule has 1 fully saturated rings. The maximum atomic E-state index is 11.9. The molecule has 0 aromatic carbocycles. The van der Waals surface area contributed by atoms with Crippen LogP contribution in [0, 0.1) is 18.8 Å². The Morgan fingerprint density at radius 1 is 1.24 bits per heavy atom. The van der Waals surface area contributed by atoms with Gasteiger partial charge < -0.3 is 19.6 Å². The van der Waals surface area contributed by atoms with Gasteiger partial charge in [0.2, 0.25) is 5.88 Å². The van der Waals surface area contributed by atoms with Gasteiger partial charge in [-0.1, -0.05) is 6.92 Å². The molecule has 9 nitrogen and oxygen atoms in total. The Labute approximate surface area is 143 Å². The largest absolute Gasteiger partial charge is 0.462 e. The van der Waals surface area contributed by atoms with Crippen molar-refractivity contribution in [3.63, 3.8) is 0 Å². The maximum absolute atomic E-state index is 11.9. The zero-order valence-electron chi connectivity index (χ0n) is 14.2. The lowest BCUT2D eigenvalue weighted by atomic mass is 10.1. The lowest BCUT2D eigenvalue weighted by Gasteiger charge is -2.06. The molecule has 0 radical (unpaired) electrons. The van der Waals surface area contributed by atoms with E-state index < -0.39 is 30.4 Å². The van der Waals surface area contributed by atoms with Crippen LogP contribution in [0.1, 0.15) is 46.7 Å². The van der Waals surface area contributed by atoms with Gasteiger partial charge in [-0.05, 0) is 26.2 Å². The molecular formula is C16H20N2O7. The molecule has 0 unspecified atom stereocenters. The minimum absolute atomic E-state index is 0.0753. The van der Waals surface area contributed by atoms with Gasteiger partial charge in [0, 0.05) is 0 Å². The molecule has 2 amide bonds. The van der Waals surface area contributed by atoms with Crippen LogP contribution in [0.3, 0.4) is 0 Å². The van der Waals surface area contributed by atoms with Crippen LogP contribution in [0.4, 0.5) is 5.88 Å². The van der Waals surface area contributed by atoms with Gasteiger partial charge >= 0.3 is 11.9 Å². The smallest absolute Gasteiger partial charge is 0.342 e. The number of hydrogen-bond acceptors (Lipinski definition) is 7. The fourth-order valence-corrected chi connectivity index (χ4v) is 2.37. The molecule has 136 valence electrons. The second-order valence-electron chi connectivity index (χ2n) is 5.80. The summed E-state index contributed by atoms with van der Waals surface area (Å²) in [5.41, 5.74) is 4.85. The second-order valence-corrected chi connectivity index (χ2v) is 5.80. The number of nitrogens with one attached hydrogen (secondary N) is 1. The van der Waals surface area contributed by atoms with Crippen LogP contribution >= 0.6 is 0 Å². The van der Waals surface area contributed by atoms with Crippen LogP contribution in [0.15, 0.2) is 4.42 Å². The van der Waals surface area contributed by atoms with Gasteiger partial charge in [0.1, 0.15) is 16.9 Å². The topological polar surface area (TPSA) is 138 Å². The minimum Gasteiger partial charge on any atom is -0.462 e. The number of furan rings is 1. The van der Waals surface area contributed by atoms with Crippen molar-refractivity contribution >= 4 is 29.6 Å². The number of rotatable bonds is 7. The van der Waals surface area contributed by atoms with Gasteiger partial charge in [0.15, 0.2) is 6.61 Å². The summed E-state index contributed by atoms with van der Waals surface area (Å²) < 4.78 is 15.0. The number of esters is 2. The number of ether oxygens (including phenoxy) is 2. The molecule has 2 atom stereocenters. The van der Waals surface area contributed by atoms with Crippen molar-refractivity contribution in [1.29, 1.82) is 0 Å². The molecule has 1 aromatic rings. The number of anilines is 1. The molecule has 3 N–H and O–H groups in total. The van der Waals surface area contributed by atoms with Crippen LogP contribution in [-0.2, 0) is 19.1 Å². The Morgan fingerprint density at radius 2 is 1.88 bits per heavy atom. The first-order valence-electron chi connectivity index (χ1n) is 7.83. The second kappa shape index (κ2) is 7.37. The standard InChI is InChI=1S/C16H20N2O7/c1-4-23-16(22)11-8(3)25-14(12(11)13(17)20)18-10(19)6-24-15(21)9-5-7(9)2/h7,9H,4-6H2,1-3H3,(H2,17,20)(H,18,19)/t7-,9+/m0/s1. The summed E-state index contributed by atoms with van der Waals surface area (Å²) >= 11 is 0. The molecule has 0 spiro atoms. The van der Waals surface area contributed by atoms with Gasteiger partial charge in [0.25, 0.3) is 11.8 Å². The summed E-state index contributed by atoms with van der Waals surface area (Å²) in [6.45, 7) is 4.51.